The molecule has 2 atom stereocenters. The number of rotatable bonds is 2. The molecule has 0 bridgehead atoms. The highest BCUT2D eigenvalue weighted by molar-refractivity contribution is 7.89. The summed E-state index contributed by atoms with van der Waals surface area (Å²) >= 11 is 0. The second kappa shape index (κ2) is 5.30. The summed E-state index contributed by atoms with van der Waals surface area (Å²) < 4.78 is 33.2. The van der Waals surface area contributed by atoms with Gasteiger partial charge in [0.1, 0.15) is 0 Å². The van der Waals surface area contributed by atoms with Gasteiger partial charge in [-0.05, 0) is 49.6 Å². The van der Waals surface area contributed by atoms with Crippen LogP contribution in [-0.2, 0) is 28.0 Å². The smallest absolute Gasteiger partial charge is 0.243 e. The first kappa shape index (κ1) is 14.6. The maximum absolute atomic E-state index is 13.1. The number of hydrogen-bond donors (Lipinski definition) is 0. The Morgan fingerprint density at radius 2 is 2.00 bits per heavy atom. The van der Waals surface area contributed by atoms with Crippen molar-refractivity contribution in [3.05, 3.63) is 29.3 Å². The van der Waals surface area contributed by atoms with Crippen LogP contribution in [0.2, 0.25) is 0 Å². The third-order valence-electron chi connectivity index (χ3n) is 5.18. The molecule has 1 aromatic carbocycles. The standard InChI is InChI=1S/C16H22N2O3S/c1-12-8-17-6-2-3-15(17)9-18(12)22(19,20)16-5-4-13-10-21-11-14(13)7-16/h4-5,7,12,15H,2-3,6,8-11H2,1H3/t12-,15-/m1/s1. The summed E-state index contributed by atoms with van der Waals surface area (Å²) in [7, 11) is -3.42. The van der Waals surface area contributed by atoms with Crippen molar-refractivity contribution < 1.29 is 13.2 Å². The lowest BCUT2D eigenvalue weighted by molar-refractivity contribution is 0.117. The third-order valence-corrected chi connectivity index (χ3v) is 7.16. The van der Waals surface area contributed by atoms with Crippen molar-refractivity contribution in [2.75, 3.05) is 19.6 Å². The van der Waals surface area contributed by atoms with E-state index in [0.29, 0.717) is 30.7 Å². The van der Waals surface area contributed by atoms with Gasteiger partial charge in [-0.25, -0.2) is 8.42 Å². The maximum atomic E-state index is 13.1. The van der Waals surface area contributed by atoms with Gasteiger partial charge in [-0.3, -0.25) is 4.90 Å². The molecule has 1 aromatic rings. The first-order valence-corrected chi connectivity index (χ1v) is 9.45. The summed E-state index contributed by atoms with van der Waals surface area (Å²) in [5.74, 6) is 0. The zero-order chi connectivity index (χ0) is 15.3. The molecule has 6 heteroatoms. The zero-order valence-electron chi connectivity index (χ0n) is 12.9. The van der Waals surface area contributed by atoms with Crippen molar-refractivity contribution in [2.24, 2.45) is 0 Å². The Kier molecular flexibility index (Phi) is 3.52. The van der Waals surface area contributed by atoms with E-state index in [-0.39, 0.29) is 6.04 Å². The molecule has 0 saturated carbocycles. The fourth-order valence-electron chi connectivity index (χ4n) is 3.94. The van der Waals surface area contributed by atoms with E-state index in [0.717, 1.165) is 30.6 Å². The van der Waals surface area contributed by atoms with Crippen LogP contribution in [0, 0.1) is 0 Å². The van der Waals surface area contributed by atoms with Crippen LogP contribution >= 0.6 is 0 Å². The minimum Gasteiger partial charge on any atom is -0.372 e. The molecule has 0 aliphatic carbocycles. The first-order chi connectivity index (χ1) is 10.6. The number of benzene rings is 1. The van der Waals surface area contributed by atoms with Gasteiger partial charge in [0.15, 0.2) is 0 Å². The number of hydrogen-bond acceptors (Lipinski definition) is 4. The first-order valence-electron chi connectivity index (χ1n) is 8.01. The Labute approximate surface area is 131 Å². The largest absolute Gasteiger partial charge is 0.372 e. The van der Waals surface area contributed by atoms with Crippen LogP contribution in [0.4, 0.5) is 0 Å². The summed E-state index contributed by atoms with van der Waals surface area (Å²) in [5.41, 5.74) is 2.11. The highest BCUT2D eigenvalue weighted by Gasteiger charge is 2.40. The molecule has 5 nitrogen and oxygen atoms in total. The van der Waals surface area contributed by atoms with Crippen LogP contribution < -0.4 is 0 Å². The van der Waals surface area contributed by atoms with Gasteiger partial charge < -0.3 is 4.74 Å². The molecule has 3 heterocycles. The van der Waals surface area contributed by atoms with Gasteiger partial charge >= 0.3 is 0 Å². The van der Waals surface area contributed by atoms with E-state index in [2.05, 4.69) is 4.90 Å². The number of fused-ring (bicyclic) bond motifs is 2. The van der Waals surface area contributed by atoms with Crippen LogP contribution in [0.1, 0.15) is 30.9 Å². The van der Waals surface area contributed by atoms with Crippen molar-refractivity contribution in [2.45, 2.75) is 50.0 Å². The monoisotopic (exact) mass is 322 g/mol. The number of piperazine rings is 1. The minimum atomic E-state index is -3.42. The summed E-state index contributed by atoms with van der Waals surface area (Å²) in [6.45, 7) is 5.70. The lowest BCUT2D eigenvalue weighted by atomic mass is 10.1. The van der Waals surface area contributed by atoms with E-state index in [1.54, 1.807) is 16.4 Å². The molecule has 2 fully saturated rings. The van der Waals surface area contributed by atoms with E-state index in [4.69, 9.17) is 4.74 Å². The Balaban J connectivity index is 1.65. The second-order valence-electron chi connectivity index (χ2n) is 6.64. The molecule has 0 N–H and O–H groups in total. The summed E-state index contributed by atoms with van der Waals surface area (Å²) in [6.07, 6.45) is 2.29. The Hall–Kier alpha value is -0.950. The fourth-order valence-corrected chi connectivity index (χ4v) is 5.65. The third kappa shape index (κ3) is 2.29. The molecule has 0 aromatic heterocycles. The molecule has 22 heavy (non-hydrogen) atoms. The van der Waals surface area contributed by atoms with Crippen molar-refractivity contribution in [1.82, 2.24) is 9.21 Å². The van der Waals surface area contributed by atoms with E-state index in [1.165, 1.54) is 6.42 Å². The molecule has 4 rings (SSSR count). The second-order valence-corrected chi connectivity index (χ2v) is 8.53. The van der Waals surface area contributed by atoms with E-state index < -0.39 is 10.0 Å². The molecule has 3 aliphatic heterocycles. The number of nitrogens with zero attached hydrogens (tertiary/aromatic N) is 2. The lowest BCUT2D eigenvalue weighted by Crippen LogP contribution is -2.56. The van der Waals surface area contributed by atoms with Crippen LogP contribution in [0.15, 0.2) is 23.1 Å². The van der Waals surface area contributed by atoms with Gasteiger partial charge in [-0.15, -0.1) is 0 Å². The predicted molar refractivity (Wildman–Crippen MR) is 82.9 cm³/mol. The van der Waals surface area contributed by atoms with Crippen LogP contribution in [0.25, 0.3) is 0 Å². The molecule has 2 saturated heterocycles. The van der Waals surface area contributed by atoms with Crippen molar-refractivity contribution in [3.8, 4) is 0 Å². The molecule has 120 valence electrons. The average Bonchev–Trinajstić information content (AvgIpc) is 3.13. The van der Waals surface area contributed by atoms with E-state index >= 15 is 0 Å². The van der Waals surface area contributed by atoms with Crippen molar-refractivity contribution in [3.63, 3.8) is 0 Å². The van der Waals surface area contributed by atoms with Crippen molar-refractivity contribution >= 4 is 10.0 Å². The van der Waals surface area contributed by atoms with Gasteiger partial charge in [0.05, 0.1) is 18.1 Å². The van der Waals surface area contributed by atoms with Crippen LogP contribution in [0.3, 0.4) is 0 Å². The van der Waals surface area contributed by atoms with E-state index in [9.17, 15) is 8.42 Å². The normalized spacial score (nSPS) is 29.5. The van der Waals surface area contributed by atoms with Crippen LogP contribution in [-0.4, -0.2) is 49.3 Å². The maximum Gasteiger partial charge on any atom is 0.243 e. The molecular weight excluding hydrogens is 300 g/mol. The van der Waals surface area contributed by atoms with Crippen LogP contribution in [0.5, 0.6) is 0 Å². The average molecular weight is 322 g/mol. The summed E-state index contributed by atoms with van der Waals surface area (Å²) in [5, 5.41) is 0. The number of sulfonamides is 1. The number of ether oxygens (including phenoxy) is 1. The van der Waals surface area contributed by atoms with E-state index in [1.807, 2.05) is 13.0 Å². The molecule has 0 radical (unpaired) electrons. The minimum absolute atomic E-state index is 0.0313. The lowest BCUT2D eigenvalue weighted by Gasteiger charge is -2.41. The Morgan fingerprint density at radius 3 is 2.86 bits per heavy atom. The Bertz CT molecular complexity index is 689. The van der Waals surface area contributed by atoms with Gasteiger partial charge in [0.25, 0.3) is 0 Å². The molecule has 3 aliphatic rings. The van der Waals surface area contributed by atoms with Crippen molar-refractivity contribution in [1.29, 1.82) is 0 Å². The Morgan fingerprint density at radius 1 is 1.18 bits per heavy atom. The topological polar surface area (TPSA) is 49.9 Å². The zero-order valence-corrected chi connectivity index (χ0v) is 13.7. The quantitative estimate of drug-likeness (QED) is 0.829. The predicted octanol–water partition coefficient (Wildman–Crippen LogP) is 1.57. The molecule has 0 amide bonds. The van der Waals surface area contributed by atoms with Gasteiger partial charge in [-0.2, -0.15) is 4.31 Å². The molecule has 0 spiro atoms. The highest BCUT2D eigenvalue weighted by Crippen LogP contribution is 2.30. The van der Waals surface area contributed by atoms with Gasteiger partial charge in [0.2, 0.25) is 10.0 Å². The SMILES string of the molecule is C[C@@H]1CN2CCC[C@@H]2CN1S(=O)(=O)c1ccc2c(c1)COC2. The highest BCUT2D eigenvalue weighted by atomic mass is 32.2. The van der Waals surface area contributed by atoms with Gasteiger partial charge in [-0.1, -0.05) is 6.07 Å². The summed E-state index contributed by atoms with van der Waals surface area (Å²) in [6, 6.07) is 5.85. The molecule has 0 unspecified atom stereocenters. The fraction of sp³-hybridized carbons (Fsp3) is 0.625. The van der Waals surface area contributed by atoms with Gasteiger partial charge in [0, 0.05) is 25.2 Å². The molecular formula is C16H22N2O3S. The summed E-state index contributed by atoms with van der Waals surface area (Å²) in [4.78, 5) is 2.85.